The van der Waals surface area contributed by atoms with Crippen molar-refractivity contribution in [1.82, 2.24) is 14.7 Å². The summed E-state index contributed by atoms with van der Waals surface area (Å²) < 4.78 is 26.1. The van der Waals surface area contributed by atoms with Crippen LogP contribution in [0.4, 0.5) is 5.13 Å². The van der Waals surface area contributed by atoms with Crippen LogP contribution < -0.4 is 4.90 Å². The molecule has 1 unspecified atom stereocenters. The van der Waals surface area contributed by atoms with Gasteiger partial charge < -0.3 is 0 Å². The number of carbonyl (C=O) groups excluding carboxylic acids is 1. The van der Waals surface area contributed by atoms with E-state index in [1.807, 2.05) is 0 Å². The smallest absolute Gasteiger partial charge is 0.225 e. The summed E-state index contributed by atoms with van der Waals surface area (Å²) in [6.07, 6.45) is 2.66. The minimum absolute atomic E-state index is 0.00166. The second-order valence-corrected chi connectivity index (χ2v) is 11.5. The molecule has 1 aromatic heterocycles. The molecule has 1 saturated heterocycles. The third-order valence-corrected chi connectivity index (χ3v) is 7.75. The van der Waals surface area contributed by atoms with Crippen LogP contribution in [0.2, 0.25) is 0 Å². The van der Waals surface area contributed by atoms with Gasteiger partial charge in [0.15, 0.2) is 13.8 Å². The highest BCUT2D eigenvalue weighted by Gasteiger charge is 2.35. The SMILES string of the molecule is CC(=O)N(c1nn(CN(CC(C)C)C2CCS(=O)(=O)C2)c(=S)s1)C1CC1. The van der Waals surface area contributed by atoms with E-state index < -0.39 is 9.84 Å². The molecule has 26 heavy (non-hydrogen) atoms. The van der Waals surface area contributed by atoms with Crippen LogP contribution in [-0.4, -0.2) is 59.1 Å². The molecule has 0 spiro atoms. The molecule has 1 saturated carbocycles. The first-order valence-corrected chi connectivity index (χ1v) is 12.0. The van der Waals surface area contributed by atoms with E-state index in [0.717, 1.165) is 19.4 Å². The summed E-state index contributed by atoms with van der Waals surface area (Å²) in [6, 6.07) is 0.245. The number of hydrogen-bond donors (Lipinski definition) is 0. The van der Waals surface area contributed by atoms with Crippen molar-refractivity contribution in [3.63, 3.8) is 0 Å². The first-order chi connectivity index (χ1) is 12.2. The molecule has 0 aromatic carbocycles. The molecule has 0 radical (unpaired) electrons. The van der Waals surface area contributed by atoms with Crippen molar-refractivity contribution in [2.24, 2.45) is 5.92 Å². The quantitative estimate of drug-likeness (QED) is 0.633. The Balaban J connectivity index is 1.80. The van der Waals surface area contributed by atoms with Crippen LogP contribution in [0.5, 0.6) is 0 Å². The third-order valence-electron chi connectivity index (χ3n) is 4.69. The summed E-state index contributed by atoms with van der Waals surface area (Å²) in [7, 11) is -2.95. The van der Waals surface area contributed by atoms with Crippen molar-refractivity contribution < 1.29 is 13.2 Å². The van der Waals surface area contributed by atoms with Crippen LogP contribution in [0.1, 0.15) is 40.0 Å². The number of aromatic nitrogens is 2. The first-order valence-electron chi connectivity index (χ1n) is 8.98. The van der Waals surface area contributed by atoms with Gasteiger partial charge >= 0.3 is 0 Å². The molecule has 7 nitrogen and oxygen atoms in total. The lowest BCUT2D eigenvalue weighted by Crippen LogP contribution is -2.40. The lowest BCUT2D eigenvalue weighted by Gasteiger charge is -2.29. The van der Waals surface area contributed by atoms with Crippen LogP contribution in [0.15, 0.2) is 0 Å². The molecule has 0 bridgehead atoms. The summed E-state index contributed by atoms with van der Waals surface area (Å²) in [5, 5.41) is 5.24. The van der Waals surface area contributed by atoms with Crippen molar-refractivity contribution in [2.45, 2.75) is 58.8 Å². The normalized spacial score (nSPS) is 22.3. The molecule has 1 aliphatic carbocycles. The summed E-state index contributed by atoms with van der Waals surface area (Å²) in [5.41, 5.74) is 0. The van der Waals surface area contributed by atoms with Crippen molar-refractivity contribution in [1.29, 1.82) is 0 Å². The topological polar surface area (TPSA) is 75.5 Å². The molecule has 2 heterocycles. The Morgan fingerprint density at radius 3 is 2.54 bits per heavy atom. The molecular formula is C16H26N4O3S3. The molecule has 2 aliphatic rings. The zero-order chi connectivity index (χ0) is 19.1. The van der Waals surface area contributed by atoms with Gasteiger partial charge in [0.2, 0.25) is 11.0 Å². The standard InChI is InChI=1S/C16H26N4O3S3/c1-11(2)8-18(14-6-7-26(22,23)9-14)10-19-16(24)25-15(17-19)20(12(3)21)13-4-5-13/h11,13-14H,4-10H2,1-3H3. The van der Waals surface area contributed by atoms with Gasteiger partial charge in [-0.2, -0.15) is 0 Å². The number of rotatable bonds is 7. The van der Waals surface area contributed by atoms with Gasteiger partial charge in [-0.3, -0.25) is 14.6 Å². The molecule has 1 amide bonds. The second-order valence-electron chi connectivity index (χ2n) is 7.63. The fourth-order valence-corrected chi connectivity index (χ4v) is 6.35. The van der Waals surface area contributed by atoms with Gasteiger partial charge in [0.25, 0.3) is 0 Å². The molecule has 1 aliphatic heterocycles. The van der Waals surface area contributed by atoms with Crippen LogP contribution in [-0.2, 0) is 21.3 Å². The van der Waals surface area contributed by atoms with E-state index in [9.17, 15) is 13.2 Å². The van der Waals surface area contributed by atoms with Gasteiger partial charge in [0.05, 0.1) is 18.2 Å². The molecule has 1 atom stereocenters. The van der Waals surface area contributed by atoms with E-state index in [0.29, 0.717) is 28.1 Å². The van der Waals surface area contributed by atoms with E-state index in [1.165, 1.54) is 11.3 Å². The number of hydrogen-bond acceptors (Lipinski definition) is 7. The molecule has 0 N–H and O–H groups in total. The fraction of sp³-hybridized carbons (Fsp3) is 0.812. The van der Waals surface area contributed by atoms with Crippen LogP contribution >= 0.6 is 23.6 Å². The highest BCUT2D eigenvalue weighted by Crippen LogP contribution is 2.33. The highest BCUT2D eigenvalue weighted by atomic mass is 32.2. The van der Waals surface area contributed by atoms with Crippen molar-refractivity contribution in [2.75, 3.05) is 23.0 Å². The van der Waals surface area contributed by atoms with Gasteiger partial charge in [-0.15, -0.1) is 5.10 Å². The molecule has 146 valence electrons. The van der Waals surface area contributed by atoms with Gasteiger partial charge in [-0.05, 0) is 37.4 Å². The lowest BCUT2D eigenvalue weighted by atomic mass is 10.1. The number of anilines is 1. The maximum atomic E-state index is 12.0. The minimum atomic E-state index is -2.95. The third kappa shape index (κ3) is 4.71. The monoisotopic (exact) mass is 418 g/mol. The Hall–Kier alpha value is -0.840. The molecule has 10 heteroatoms. The molecule has 2 fully saturated rings. The van der Waals surface area contributed by atoms with Crippen molar-refractivity contribution in [3.05, 3.63) is 3.95 Å². The van der Waals surface area contributed by atoms with E-state index >= 15 is 0 Å². The van der Waals surface area contributed by atoms with Gasteiger partial charge in [-0.1, -0.05) is 25.2 Å². The molecule has 3 rings (SSSR count). The summed E-state index contributed by atoms with van der Waals surface area (Å²) >= 11 is 6.82. The predicted molar refractivity (Wildman–Crippen MR) is 106 cm³/mol. The average molecular weight is 419 g/mol. The Morgan fingerprint density at radius 1 is 1.35 bits per heavy atom. The van der Waals surface area contributed by atoms with Crippen molar-refractivity contribution in [3.8, 4) is 0 Å². The van der Waals surface area contributed by atoms with E-state index in [-0.39, 0.29) is 29.5 Å². The van der Waals surface area contributed by atoms with Crippen LogP contribution in [0.3, 0.4) is 0 Å². The number of sulfone groups is 1. The first kappa shape index (κ1) is 19.9. The maximum Gasteiger partial charge on any atom is 0.225 e. The zero-order valence-electron chi connectivity index (χ0n) is 15.4. The highest BCUT2D eigenvalue weighted by molar-refractivity contribution is 7.91. The zero-order valence-corrected chi connectivity index (χ0v) is 17.9. The van der Waals surface area contributed by atoms with E-state index in [1.54, 1.807) is 16.5 Å². The Morgan fingerprint density at radius 2 is 2.04 bits per heavy atom. The summed E-state index contributed by atoms with van der Waals surface area (Å²) in [4.78, 5) is 15.9. The van der Waals surface area contributed by atoms with E-state index in [2.05, 4.69) is 23.8 Å². The molecule has 1 aromatic rings. The van der Waals surface area contributed by atoms with Gasteiger partial charge in [0.1, 0.15) is 0 Å². The van der Waals surface area contributed by atoms with E-state index in [4.69, 9.17) is 12.2 Å². The number of carbonyl (C=O) groups is 1. The number of nitrogens with zero attached hydrogens (tertiary/aromatic N) is 4. The largest absolute Gasteiger partial charge is 0.284 e. The fourth-order valence-electron chi connectivity index (χ4n) is 3.39. The van der Waals surface area contributed by atoms with Crippen molar-refractivity contribution >= 4 is 44.4 Å². The van der Waals surface area contributed by atoms with Crippen LogP contribution in [0.25, 0.3) is 0 Å². The second kappa shape index (κ2) is 7.65. The maximum absolute atomic E-state index is 12.0. The summed E-state index contributed by atoms with van der Waals surface area (Å²) in [5.74, 6) is 0.848. The van der Waals surface area contributed by atoms with Crippen LogP contribution in [0, 0.1) is 9.87 Å². The predicted octanol–water partition coefficient (Wildman–Crippen LogP) is 2.29. The summed E-state index contributed by atoms with van der Waals surface area (Å²) in [6.45, 7) is 7.04. The Bertz CT molecular complexity index is 826. The average Bonchev–Trinajstić information content (AvgIpc) is 3.17. The Labute approximate surface area is 163 Å². The number of amides is 1. The molecular weight excluding hydrogens is 392 g/mol. The minimum Gasteiger partial charge on any atom is -0.284 e. The Kier molecular flexibility index (Phi) is 5.86. The lowest BCUT2D eigenvalue weighted by molar-refractivity contribution is -0.116. The van der Waals surface area contributed by atoms with Gasteiger partial charge in [-0.25, -0.2) is 13.1 Å². The van der Waals surface area contributed by atoms with Gasteiger partial charge in [0, 0.05) is 25.6 Å².